The highest BCUT2D eigenvalue weighted by Gasteiger charge is 2.44. The first kappa shape index (κ1) is 16.8. The van der Waals surface area contributed by atoms with E-state index in [4.69, 9.17) is 15.5 Å². The van der Waals surface area contributed by atoms with Crippen molar-refractivity contribution in [3.05, 3.63) is 47.8 Å². The number of thiazole rings is 1. The molecule has 0 saturated heterocycles. The van der Waals surface area contributed by atoms with Crippen molar-refractivity contribution in [2.75, 3.05) is 19.1 Å². The second kappa shape index (κ2) is 6.25. The van der Waals surface area contributed by atoms with Crippen LogP contribution in [-0.2, 0) is 5.54 Å². The zero-order chi connectivity index (χ0) is 18.3. The van der Waals surface area contributed by atoms with Crippen LogP contribution < -0.4 is 15.4 Å². The van der Waals surface area contributed by atoms with Gasteiger partial charge in [-0.3, -0.25) is 9.78 Å². The molecule has 0 bridgehead atoms. The lowest BCUT2D eigenvalue weighted by Crippen LogP contribution is -2.50. The van der Waals surface area contributed by atoms with E-state index in [0.29, 0.717) is 5.56 Å². The van der Waals surface area contributed by atoms with Crippen molar-refractivity contribution in [1.82, 2.24) is 9.97 Å². The van der Waals surface area contributed by atoms with Gasteiger partial charge in [-0.05, 0) is 49.6 Å². The molecule has 0 atom stereocenters. The number of hydrogen-bond donors (Lipinski definition) is 1. The molecule has 0 aliphatic heterocycles. The summed E-state index contributed by atoms with van der Waals surface area (Å²) < 4.78 is 6.18. The molecule has 0 radical (unpaired) electrons. The van der Waals surface area contributed by atoms with Crippen LogP contribution in [0.5, 0.6) is 5.75 Å². The molecule has 6 nitrogen and oxygen atoms in total. The third-order valence-electron chi connectivity index (χ3n) is 5.22. The molecule has 1 aliphatic rings. The number of benzene rings is 1. The highest BCUT2D eigenvalue weighted by molar-refractivity contribution is 7.22. The Kier molecular flexibility index (Phi) is 4.03. The van der Waals surface area contributed by atoms with Crippen molar-refractivity contribution in [3.8, 4) is 5.75 Å². The zero-order valence-electron chi connectivity index (χ0n) is 14.7. The second-order valence-corrected chi connectivity index (χ2v) is 7.58. The number of hydrogen-bond acceptors (Lipinski definition) is 6. The molecule has 1 fully saturated rings. The number of rotatable bonds is 5. The maximum Gasteiger partial charge on any atom is 0.248 e. The fourth-order valence-corrected chi connectivity index (χ4v) is 4.50. The summed E-state index contributed by atoms with van der Waals surface area (Å²) in [6, 6.07) is 9.37. The summed E-state index contributed by atoms with van der Waals surface area (Å²) >= 11 is 1.57. The van der Waals surface area contributed by atoms with Gasteiger partial charge in [-0.25, -0.2) is 4.98 Å². The number of anilines is 1. The molecular weight excluding hydrogens is 348 g/mol. The number of pyridine rings is 1. The van der Waals surface area contributed by atoms with Crippen molar-refractivity contribution >= 4 is 32.6 Å². The Bertz CT molecular complexity index is 963. The average molecular weight is 368 g/mol. The van der Waals surface area contributed by atoms with Gasteiger partial charge in [-0.2, -0.15) is 0 Å². The molecular formula is C19H20N4O2S. The minimum absolute atomic E-state index is 0.146. The summed E-state index contributed by atoms with van der Waals surface area (Å²) in [5.41, 5.74) is 7.65. The normalized spacial score (nSPS) is 15.5. The van der Waals surface area contributed by atoms with Crippen LogP contribution in [0.3, 0.4) is 0 Å². The predicted octanol–water partition coefficient (Wildman–Crippen LogP) is 3.31. The summed E-state index contributed by atoms with van der Waals surface area (Å²) in [5.74, 6) is 0.331. The summed E-state index contributed by atoms with van der Waals surface area (Å²) in [5, 5.41) is 0.916. The molecule has 2 aromatic heterocycles. The number of primary amides is 1. The van der Waals surface area contributed by atoms with E-state index in [9.17, 15) is 4.79 Å². The molecule has 0 unspecified atom stereocenters. The van der Waals surface area contributed by atoms with E-state index in [2.05, 4.69) is 16.9 Å². The molecule has 4 rings (SSSR count). The van der Waals surface area contributed by atoms with Crippen molar-refractivity contribution in [3.63, 3.8) is 0 Å². The quantitative estimate of drug-likeness (QED) is 0.747. The molecule has 2 heterocycles. The number of amides is 1. The fourth-order valence-electron chi connectivity index (χ4n) is 3.44. The maximum absolute atomic E-state index is 11.4. The third-order valence-corrected chi connectivity index (χ3v) is 6.31. The summed E-state index contributed by atoms with van der Waals surface area (Å²) in [7, 11) is 3.71. The van der Waals surface area contributed by atoms with Gasteiger partial charge in [0.1, 0.15) is 5.75 Å². The number of ether oxygens (including phenoxy) is 1. The van der Waals surface area contributed by atoms with Gasteiger partial charge in [-0.15, -0.1) is 0 Å². The van der Waals surface area contributed by atoms with Crippen LogP contribution >= 0.6 is 11.3 Å². The van der Waals surface area contributed by atoms with E-state index in [-0.39, 0.29) is 5.54 Å². The number of fused-ring (bicyclic) bond motifs is 1. The Labute approximate surface area is 155 Å². The zero-order valence-corrected chi connectivity index (χ0v) is 15.5. The van der Waals surface area contributed by atoms with Gasteiger partial charge in [0.25, 0.3) is 0 Å². The Balaban J connectivity index is 1.71. The number of carbonyl (C=O) groups is 1. The van der Waals surface area contributed by atoms with Crippen LogP contribution in [0.2, 0.25) is 0 Å². The molecule has 1 amide bonds. The number of nitrogens with two attached hydrogens (primary N) is 1. The van der Waals surface area contributed by atoms with Crippen molar-refractivity contribution in [2.45, 2.75) is 24.8 Å². The van der Waals surface area contributed by atoms with E-state index < -0.39 is 5.91 Å². The van der Waals surface area contributed by atoms with Crippen LogP contribution in [0, 0.1) is 0 Å². The van der Waals surface area contributed by atoms with Crippen LogP contribution in [0.25, 0.3) is 10.2 Å². The van der Waals surface area contributed by atoms with Crippen molar-refractivity contribution in [1.29, 1.82) is 0 Å². The highest BCUT2D eigenvalue weighted by Crippen LogP contribution is 2.48. The smallest absolute Gasteiger partial charge is 0.248 e. The molecule has 1 aromatic carbocycles. The van der Waals surface area contributed by atoms with Crippen molar-refractivity contribution in [2.24, 2.45) is 5.73 Å². The lowest BCUT2D eigenvalue weighted by Gasteiger charge is -2.48. The second-order valence-electron chi connectivity index (χ2n) is 6.57. The number of carbonyl (C=O) groups excluding carboxylic acids is 1. The van der Waals surface area contributed by atoms with E-state index in [1.807, 2.05) is 24.3 Å². The minimum atomic E-state index is -0.423. The minimum Gasteiger partial charge on any atom is -0.495 e. The fraction of sp³-hybridized carbons (Fsp3) is 0.316. The Morgan fingerprint density at radius 3 is 2.69 bits per heavy atom. The molecule has 1 saturated carbocycles. The monoisotopic (exact) mass is 368 g/mol. The summed E-state index contributed by atoms with van der Waals surface area (Å²) in [6.45, 7) is 0. The number of methoxy groups -OCH3 is 1. The van der Waals surface area contributed by atoms with E-state index in [1.54, 1.807) is 30.7 Å². The van der Waals surface area contributed by atoms with Crippen LogP contribution in [-0.4, -0.2) is 30.0 Å². The van der Waals surface area contributed by atoms with Crippen molar-refractivity contribution < 1.29 is 9.53 Å². The van der Waals surface area contributed by atoms with Crippen LogP contribution in [0.4, 0.5) is 5.13 Å². The highest BCUT2D eigenvalue weighted by atomic mass is 32.1. The molecule has 1 aliphatic carbocycles. The Morgan fingerprint density at radius 1 is 1.31 bits per heavy atom. The molecule has 7 heteroatoms. The lowest BCUT2D eigenvalue weighted by molar-refractivity contribution is 0.100. The van der Waals surface area contributed by atoms with Crippen LogP contribution in [0.15, 0.2) is 36.5 Å². The summed E-state index contributed by atoms with van der Waals surface area (Å²) in [4.78, 5) is 23.0. The van der Waals surface area contributed by atoms with E-state index in [0.717, 1.165) is 46.1 Å². The van der Waals surface area contributed by atoms with Gasteiger partial charge in [-0.1, -0.05) is 11.3 Å². The third kappa shape index (κ3) is 2.59. The molecule has 0 spiro atoms. The molecule has 3 aromatic rings. The topological polar surface area (TPSA) is 81.3 Å². The van der Waals surface area contributed by atoms with E-state index in [1.165, 1.54) is 0 Å². The lowest BCUT2D eigenvalue weighted by atomic mass is 9.73. The largest absolute Gasteiger partial charge is 0.495 e. The van der Waals surface area contributed by atoms with Gasteiger partial charge in [0.2, 0.25) is 5.91 Å². The average Bonchev–Trinajstić information content (AvgIpc) is 3.04. The van der Waals surface area contributed by atoms with Gasteiger partial charge in [0.05, 0.1) is 34.8 Å². The first-order chi connectivity index (χ1) is 12.5. The Hall–Kier alpha value is -2.67. The Morgan fingerprint density at radius 2 is 2.12 bits per heavy atom. The number of nitrogens with zero attached hydrogens (tertiary/aromatic N) is 3. The maximum atomic E-state index is 11.4. The van der Waals surface area contributed by atoms with E-state index >= 15 is 0 Å². The van der Waals surface area contributed by atoms with Gasteiger partial charge < -0.3 is 15.4 Å². The first-order valence-corrected chi connectivity index (χ1v) is 9.30. The molecule has 26 heavy (non-hydrogen) atoms. The van der Waals surface area contributed by atoms with Gasteiger partial charge in [0.15, 0.2) is 5.13 Å². The SMILES string of the molecule is COc1ccc(C2(N(C)c3nc4ccc(C(N)=O)cc4s3)CCC2)nc1. The predicted molar refractivity (Wildman–Crippen MR) is 103 cm³/mol. The number of aromatic nitrogens is 2. The molecule has 2 N–H and O–H groups in total. The summed E-state index contributed by atoms with van der Waals surface area (Å²) in [6.07, 6.45) is 4.99. The standard InChI is InChI=1S/C19H20N4O2S/c1-23(18-22-14-6-4-12(17(20)24)10-15(14)26-18)19(8-3-9-19)16-7-5-13(25-2)11-21-16/h4-7,10-11H,3,8-9H2,1-2H3,(H2,20,24). The molecule has 134 valence electrons. The van der Waals surface area contributed by atoms with Crippen LogP contribution in [0.1, 0.15) is 35.3 Å². The van der Waals surface area contributed by atoms with Gasteiger partial charge in [0, 0.05) is 12.6 Å². The first-order valence-electron chi connectivity index (χ1n) is 8.48. The van der Waals surface area contributed by atoms with Gasteiger partial charge >= 0.3 is 0 Å².